The number of rotatable bonds is 10. The molecule has 0 atom stereocenters. The Morgan fingerprint density at radius 2 is 1.42 bits per heavy atom. The summed E-state index contributed by atoms with van der Waals surface area (Å²) < 4.78 is 90.5. The van der Waals surface area contributed by atoms with Crippen molar-refractivity contribution in [1.29, 1.82) is 0 Å². The van der Waals surface area contributed by atoms with E-state index < -0.39 is 49.6 Å². The number of benzene rings is 2. The summed E-state index contributed by atoms with van der Waals surface area (Å²) in [7, 11) is -1.35. The van der Waals surface area contributed by atoms with Crippen LogP contribution in [0.15, 0.2) is 36.4 Å². The van der Waals surface area contributed by atoms with Crippen LogP contribution < -0.4 is 0 Å². The monoisotopic (exact) mass is 640 g/mol. The van der Waals surface area contributed by atoms with E-state index >= 15 is 0 Å². The zero-order valence-electron chi connectivity index (χ0n) is 20.3. The van der Waals surface area contributed by atoms with E-state index in [2.05, 4.69) is 24.6 Å². The number of halogens is 7. The summed E-state index contributed by atoms with van der Waals surface area (Å²) in [4.78, 5) is 4.60. The fourth-order valence-corrected chi connectivity index (χ4v) is 5.05. The first-order chi connectivity index (χ1) is 16.8. The molecule has 1 aromatic heterocycles. The molecule has 3 rings (SSSR count). The summed E-state index contributed by atoms with van der Waals surface area (Å²) in [5.74, 6) is -2.78. The average molecular weight is 640 g/mol. The zero-order chi connectivity index (χ0) is 26.8. The average Bonchev–Trinajstić information content (AvgIpc) is 3.06. The smallest absolute Gasteiger partial charge is 0.266 e. The number of imidazole rings is 1. The second-order valence-corrected chi connectivity index (χ2v) is 16.4. The molecule has 11 heteroatoms. The van der Waals surface area contributed by atoms with E-state index in [1.54, 1.807) is 4.57 Å². The molecule has 196 valence electrons. The Bertz CT molecular complexity index is 1150. The second-order valence-electron chi connectivity index (χ2n) is 9.72. The number of ether oxygens (including phenoxy) is 1. The quantitative estimate of drug-likeness (QED) is 0.0963. The van der Waals surface area contributed by atoms with Crippen molar-refractivity contribution in [3.8, 4) is 0 Å². The van der Waals surface area contributed by atoms with Crippen molar-refractivity contribution in [2.24, 2.45) is 0 Å². The predicted molar refractivity (Wildman–Crippen MR) is 137 cm³/mol. The standard InChI is InChI=1S/C25H27F6IN2OSi/c1-14-24(32)33-25(34(14)13-35-9-10-36(2,3)4)21(15-5-7-19(26)17(11-15)22(28)29)16-6-8-20(27)18(12-16)23(30)31/h5-8,11-12,21-23H,9-10,13H2,1-4H3. The highest BCUT2D eigenvalue weighted by atomic mass is 127. The molecule has 3 aromatic rings. The van der Waals surface area contributed by atoms with Crippen LogP contribution in [0.5, 0.6) is 0 Å². The molecule has 0 N–H and O–H groups in total. The number of hydrogen-bond donors (Lipinski definition) is 0. The lowest BCUT2D eigenvalue weighted by atomic mass is 9.88. The summed E-state index contributed by atoms with van der Waals surface area (Å²) in [6.45, 7) is 9.06. The third-order valence-corrected chi connectivity index (χ3v) is 8.57. The van der Waals surface area contributed by atoms with Crippen LogP contribution in [-0.2, 0) is 11.5 Å². The Morgan fingerprint density at radius 1 is 0.917 bits per heavy atom. The molecule has 1 heterocycles. The van der Waals surface area contributed by atoms with Crippen molar-refractivity contribution in [2.75, 3.05) is 6.61 Å². The number of aromatic nitrogens is 2. The molecule has 0 radical (unpaired) electrons. The second kappa shape index (κ2) is 11.7. The van der Waals surface area contributed by atoms with Gasteiger partial charge in [-0.15, -0.1) is 0 Å². The van der Waals surface area contributed by atoms with Crippen LogP contribution in [0.3, 0.4) is 0 Å². The highest BCUT2D eigenvalue weighted by molar-refractivity contribution is 14.1. The fourth-order valence-electron chi connectivity index (χ4n) is 3.75. The van der Waals surface area contributed by atoms with Crippen molar-refractivity contribution < 1.29 is 31.1 Å². The van der Waals surface area contributed by atoms with Crippen LogP contribution in [0.1, 0.15) is 52.5 Å². The van der Waals surface area contributed by atoms with Crippen LogP contribution in [0, 0.1) is 22.3 Å². The molecule has 0 amide bonds. The van der Waals surface area contributed by atoms with Gasteiger partial charge in [0, 0.05) is 14.7 Å². The van der Waals surface area contributed by atoms with E-state index in [-0.39, 0.29) is 17.9 Å². The molecular formula is C25H27F6IN2OSi. The van der Waals surface area contributed by atoms with Crippen molar-refractivity contribution in [2.45, 2.75) is 58.1 Å². The van der Waals surface area contributed by atoms with Crippen LogP contribution >= 0.6 is 22.6 Å². The first kappa shape index (κ1) is 28.7. The summed E-state index contributed by atoms with van der Waals surface area (Å²) in [6, 6.07) is 7.37. The lowest BCUT2D eigenvalue weighted by molar-refractivity contribution is 0.0836. The summed E-state index contributed by atoms with van der Waals surface area (Å²) in [5.41, 5.74) is -0.475. The van der Waals surface area contributed by atoms with Crippen LogP contribution in [0.2, 0.25) is 25.7 Å². The highest BCUT2D eigenvalue weighted by Crippen LogP contribution is 2.37. The zero-order valence-corrected chi connectivity index (χ0v) is 23.4. The van der Waals surface area contributed by atoms with E-state index in [4.69, 9.17) is 4.74 Å². The van der Waals surface area contributed by atoms with Crippen LogP contribution in [0.25, 0.3) is 0 Å². The first-order valence-electron chi connectivity index (χ1n) is 11.3. The number of nitrogens with zero attached hydrogens (tertiary/aromatic N) is 2. The molecule has 0 aliphatic rings. The molecule has 0 spiro atoms. The Hall–Kier alpha value is -1.86. The Kier molecular flexibility index (Phi) is 9.31. The van der Waals surface area contributed by atoms with Gasteiger partial charge in [0.25, 0.3) is 12.9 Å². The van der Waals surface area contributed by atoms with E-state index in [9.17, 15) is 26.3 Å². The minimum atomic E-state index is -3.08. The Labute approximate surface area is 221 Å². The molecule has 36 heavy (non-hydrogen) atoms. The van der Waals surface area contributed by atoms with Crippen LogP contribution in [-0.4, -0.2) is 24.2 Å². The van der Waals surface area contributed by atoms with Gasteiger partial charge in [0.1, 0.15) is 27.9 Å². The summed E-state index contributed by atoms with van der Waals surface area (Å²) >= 11 is 2.02. The number of alkyl halides is 4. The van der Waals surface area contributed by atoms with Gasteiger partial charge in [-0.25, -0.2) is 31.3 Å². The highest BCUT2D eigenvalue weighted by Gasteiger charge is 2.28. The molecule has 3 nitrogen and oxygen atoms in total. The van der Waals surface area contributed by atoms with Gasteiger partial charge in [-0.3, -0.25) is 0 Å². The van der Waals surface area contributed by atoms with Crippen molar-refractivity contribution in [1.82, 2.24) is 9.55 Å². The van der Waals surface area contributed by atoms with Gasteiger partial charge in [-0.05, 0) is 71.0 Å². The maximum absolute atomic E-state index is 14.1. The minimum absolute atomic E-state index is 0.101. The van der Waals surface area contributed by atoms with Crippen molar-refractivity contribution in [3.63, 3.8) is 0 Å². The molecule has 0 fully saturated rings. The molecular weight excluding hydrogens is 613 g/mol. The van der Waals surface area contributed by atoms with Gasteiger partial charge < -0.3 is 9.30 Å². The number of hydrogen-bond acceptors (Lipinski definition) is 2. The largest absolute Gasteiger partial charge is 0.361 e. The Balaban J connectivity index is 2.16. The van der Waals surface area contributed by atoms with E-state index in [0.717, 1.165) is 36.0 Å². The fraction of sp³-hybridized carbons (Fsp3) is 0.400. The molecule has 0 aliphatic heterocycles. The van der Waals surface area contributed by atoms with E-state index in [1.165, 1.54) is 12.1 Å². The van der Waals surface area contributed by atoms with Gasteiger partial charge >= 0.3 is 0 Å². The first-order valence-corrected chi connectivity index (χ1v) is 16.0. The maximum atomic E-state index is 14.1. The van der Waals surface area contributed by atoms with Gasteiger partial charge in [-0.2, -0.15) is 0 Å². The topological polar surface area (TPSA) is 27.1 Å². The maximum Gasteiger partial charge on any atom is 0.266 e. The van der Waals surface area contributed by atoms with Gasteiger partial charge in [-0.1, -0.05) is 31.8 Å². The summed E-state index contributed by atoms with van der Waals surface area (Å²) in [6.07, 6.45) is -6.16. The summed E-state index contributed by atoms with van der Waals surface area (Å²) in [5, 5.41) is 0. The third kappa shape index (κ3) is 6.71. The van der Waals surface area contributed by atoms with Gasteiger partial charge in [0.05, 0.1) is 22.7 Å². The molecule has 0 saturated heterocycles. The van der Waals surface area contributed by atoms with Gasteiger partial charge in [0.15, 0.2) is 0 Å². The molecule has 0 bridgehead atoms. The normalized spacial score (nSPS) is 12.4. The van der Waals surface area contributed by atoms with E-state index in [1.807, 2.05) is 29.5 Å². The van der Waals surface area contributed by atoms with Crippen molar-refractivity contribution >= 4 is 30.7 Å². The lowest BCUT2D eigenvalue weighted by Crippen LogP contribution is -2.22. The predicted octanol–water partition coefficient (Wildman–Crippen LogP) is 8.44. The molecule has 2 aromatic carbocycles. The molecule has 0 aliphatic carbocycles. The van der Waals surface area contributed by atoms with Crippen molar-refractivity contribution in [3.05, 3.63) is 85.5 Å². The third-order valence-electron chi connectivity index (χ3n) is 5.84. The molecule has 0 unspecified atom stereocenters. The van der Waals surface area contributed by atoms with Crippen LogP contribution in [0.4, 0.5) is 26.3 Å². The minimum Gasteiger partial charge on any atom is -0.361 e. The van der Waals surface area contributed by atoms with Gasteiger partial charge in [0.2, 0.25) is 0 Å². The lowest BCUT2D eigenvalue weighted by Gasteiger charge is -2.22. The SMILES string of the molecule is Cc1c(I)nc(C(c2ccc(F)c(C(F)F)c2)c2ccc(F)c(C(F)F)c2)n1COCC[Si](C)(C)C. The molecule has 0 saturated carbocycles. The van der Waals surface area contributed by atoms with E-state index in [0.29, 0.717) is 16.1 Å². The Morgan fingerprint density at radius 3 is 1.86 bits per heavy atom.